The number of anilines is 1. The Labute approximate surface area is 111 Å². The number of carbonyl (C=O) groups excluding carboxylic acids is 1. The van der Waals surface area contributed by atoms with E-state index in [9.17, 15) is 4.79 Å². The third-order valence-electron chi connectivity index (χ3n) is 3.02. The van der Waals surface area contributed by atoms with Crippen molar-refractivity contribution in [3.05, 3.63) is 29.1 Å². The van der Waals surface area contributed by atoms with Gasteiger partial charge in [0.25, 0.3) is 5.91 Å². The second-order valence-electron chi connectivity index (χ2n) is 4.42. The van der Waals surface area contributed by atoms with Crippen LogP contribution in [-0.4, -0.2) is 24.4 Å². The van der Waals surface area contributed by atoms with E-state index in [0.717, 1.165) is 29.5 Å². The third kappa shape index (κ3) is 2.34. The lowest BCUT2D eigenvalue weighted by molar-refractivity contribution is 0.0799. The van der Waals surface area contributed by atoms with Crippen LogP contribution < -0.4 is 5.73 Å². The van der Waals surface area contributed by atoms with E-state index in [-0.39, 0.29) is 5.91 Å². The lowest BCUT2D eigenvalue weighted by atomic mass is 10.2. The van der Waals surface area contributed by atoms with Crippen molar-refractivity contribution >= 4 is 33.0 Å². The summed E-state index contributed by atoms with van der Waals surface area (Å²) >= 11 is 1.48. The minimum Gasteiger partial charge on any atom is -0.397 e. The number of nitrogen functional groups attached to an aromatic ring is 1. The van der Waals surface area contributed by atoms with Gasteiger partial charge in [0.1, 0.15) is 4.88 Å². The molecule has 0 saturated heterocycles. The van der Waals surface area contributed by atoms with Crippen LogP contribution in [0.3, 0.4) is 0 Å². The number of thiophene rings is 1. The standard InChI is InChI=1S/C14H18N2OS/c1-3-4-9-16(2)14(17)13-12(15)10-7-5-6-8-11(10)18-13/h5-8H,3-4,9,15H2,1-2H3. The van der Waals surface area contributed by atoms with Crippen LogP contribution in [0.5, 0.6) is 0 Å². The number of rotatable bonds is 4. The molecule has 1 amide bonds. The third-order valence-corrected chi connectivity index (χ3v) is 4.20. The average molecular weight is 262 g/mol. The molecule has 0 spiro atoms. The summed E-state index contributed by atoms with van der Waals surface area (Å²) < 4.78 is 1.07. The Morgan fingerprint density at radius 3 is 2.78 bits per heavy atom. The second-order valence-corrected chi connectivity index (χ2v) is 5.47. The number of nitrogens with zero attached hydrogens (tertiary/aromatic N) is 1. The SMILES string of the molecule is CCCCN(C)C(=O)c1sc2ccccc2c1N. The molecule has 0 bridgehead atoms. The number of nitrogens with two attached hydrogens (primary N) is 1. The van der Waals surface area contributed by atoms with Crippen LogP contribution in [0.1, 0.15) is 29.4 Å². The van der Waals surface area contributed by atoms with Crippen molar-refractivity contribution in [3.8, 4) is 0 Å². The predicted molar refractivity (Wildman–Crippen MR) is 78.1 cm³/mol. The van der Waals surface area contributed by atoms with E-state index in [1.165, 1.54) is 11.3 Å². The first kappa shape index (κ1) is 12.9. The largest absolute Gasteiger partial charge is 0.397 e. The fraction of sp³-hybridized carbons (Fsp3) is 0.357. The molecule has 2 rings (SSSR count). The van der Waals surface area contributed by atoms with Gasteiger partial charge in [-0.05, 0) is 12.5 Å². The molecule has 0 aliphatic rings. The van der Waals surface area contributed by atoms with Gasteiger partial charge in [0.05, 0.1) is 5.69 Å². The Morgan fingerprint density at radius 2 is 2.11 bits per heavy atom. The molecule has 18 heavy (non-hydrogen) atoms. The molecular weight excluding hydrogens is 244 g/mol. The normalized spacial score (nSPS) is 10.8. The summed E-state index contributed by atoms with van der Waals surface area (Å²) in [4.78, 5) is 14.7. The lowest BCUT2D eigenvalue weighted by Gasteiger charge is -2.15. The number of hydrogen-bond donors (Lipinski definition) is 1. The van der Waals surface area contributed by atoms with Gasteiger partial charge in [-0.3, -0.25) is 4.79 Å². The fourth-order valence-electron chi connectivity index (χ4n) is 1.89. The van der Waals surface area contributed by atoms with Crippen molar-refractivity contribution in [1.82, 2.24) is 4.90 Å². The summed E-state index contributed by atoms with van der Waals surface area (Å²) in [6, 6.07) is 7.87. The Hall–Kier alpha value is -1.55. The first-order valence-electron chi connectivity index (χ1n) is 6.17. The van der Waals surface area contributed by atoms with E-state index >= 15 is 0 Å². The van der Waals surface area contributed by atoms with Gasteiger partial charge < -0.3 is 10.6 Å². The highest BCUT2D eigenvalue weighted by atomic mass is 32.1. The zero-order valence-corrected chi connectivity index (χ0v) is 11.6. The smallest absolute Gasteiger partial charge is 0.265 e. The maximum atomic E-state index is 12.3. The van der Waals surface area contributed by atoms with Crippen molar-refractivity contribution in [1.29, 1.82) is 0 Å². The molecule has 0 fully saturated rings. The maximum Gasteiger partial charge on any atom is 0.265 e. The Morgan fingerprint density at radius 1 is 1.39 bits per heavy atom. The van der Waals surface area contributed by atoms with E-state index in [2.05, 4.69) is 6.92 Å². The highest BCUT2D eigenvalue weighted by Crippen LogP contribution is 2.33. The summed E-state index contributed by atoms with van der Waals surface area (Å²) in [5, 5.41) is 0.981. The van der Waals surface area contributed by atoms with E-state index in [0.29, 0.717) is 10.6 Å². The molecule has 1 heterocycles. The van der Waals surface area contributed by atoms with Crippen molar-refractivity contribution in [2.24, 2.45) is 0 Å². The zero-order chi connectivity index (χ0) is 13.1. The molecule has 3 nitrogen and oxygen atoms in total. The molecule has 2 aromatic rings. The Bertz CT molecular complexity index is 562. The van der Waals surface area contributed by atoms with Crippen LogP contribution in [0.2, 0.25) is 0 Å². The Kier molecular flexibility index (Phi) is 3.87. The monoisotopic (exact) mass is 262 g/mol. The number of carbonyl (C=O) groups is 1. The highest BCUT2D eigenvalue weighted by molar-refractivity contribution is 7.21. The summed E-state index contributed by atoms with van der Waals surface area (Å²) in [5.74, 6) is 0.0298. The molecule has 1 aromatic carbocycles. The van der Waals surface area contributed by atoms with Gasteiger partial charge in [-0.1, -0.05) is 31.5 Å². The summed E-state index contributed by atoms with van der Waals surface area (Å²) in [6.45, 7) is 2.90. The first-order chi connectivity index (χ1) is 8.65. The van der Waals surface area contributed by atoms with E-state index in [1.807, 2.05) is 31.3 Å². The van der Waals surface area contributed by atoms with Crippen LogP contribution in [0.25, 0.3) is 10.1 Å². The quantitative estimate of drug-likeness (QED) is 0.918. The molecule has 0 aliphatic heterocycles. The molecule has 1 aromatic heterocycles. The summed E-state index contributed by atoms with van der Waals surface area (Å²) in [6.07, 6.45) is 2.10. The van der Waals surface area contributed by atoms with Crippen LogP contribution in [0.15, 0.2) is 24.3 Å². The predicted octanol–water partition coefficient (Wildman–Crippen LogP) is 3.36. The van der Waals surface area contributed by atoms with Gasteiger partial charge in [-0.25, -0.2) is 0 Å². The van der Waals surface area contributed by atoms with Crippen LogP contribution in [-0.2, 0) is 0 Å². The molecule has 0 saturated carbocycles. The van der Waals surface area contributed by atoms with E-state index in [1.54, 1.807) is 4.90 Å². The zero-order valence-electron chi connectivity index (χ0n) is 10.8. The fourth-order valence-corrected chi connectivity index (χ4v) is 3.01. The first-order valence-corrected chi connectivity index (χ1v) is 6.99. The van der Waals surface area contributed by atoms with Gasteiger partial charge in [-0.15, -0.1) is 11.3 Å². The Balaban J connectivity index is 2.30. The van der Waals surface area contributed by atoms with Gasteiger partial charge in [-0.2, -0.15) is 0 Å². The number of amides is 1. The molecule has 0 radical (unpaired) electrons. The number of hydrogen-bond acceptors (Lipinski definition) is 3. The van der Waals surface area contributed by atoms with E-state index in [4.69, 9.17) is 5.73 Å². The highest BCUT2D eigenvalue weighted by Gasteiger charge is 2.18. The van der Waals surface area contributed by atoms with Gasteiger partial charge in [0, 0.05) is 23.7 Å². The second kappa shape index (κ2) is 5.40. The van der Waals surface area contributed by atoms with Crippen molar-refractivity contribution < 1.29 is 4.79 Å². The molecule has 0 unspecified atom stereocenters. The lowest BCUT2D eigenvalue weighted by Crippen LogP contribution is -2.27. The molecule has 0 aliphatic carbocycles. The molecular formula is C14H18N2OS. The molecule has 4 heteroatoms. The van der Waals surface area contributed by atoms with Crippen molar-refractivity contribution in [3.63, 3.8) is 0 Å². The molecule has 0 atom stereocenters. The minimum atomic E-state index is 0.0298. The van der Waals surface area contributed by atoms with Gasteiger partial charge >= 0.3 is 0 Å². The van der Waals surface area contributed by atoms with Crippen molar-refractivity contribution in [2.45, 2.75) is 19.8 Å². The maximum absolute atomic E-state index is 12.3. The van der Waals surface area contributed by atoms with E-state index < -0.39 is 0 Å². The van der Waals surface area contributed by atoms with Gasteiger partial charge in [0.2, 0.25) is 0 Å². The number of unbranched alkanes of at least 4 members (excludes halogenated alkanes) is 1. The van der Waals surface area contributed by atoms with Crippen molar-refractivity contribution in [2.75, 3.05) is 19.3 Å². The molecule has 2 N–H and O–H groups in total. The summed E-state index contributed by atoms with van der Waals surface area (Å²) in [5.41, 5.74) is 6.68. The average Bonchev–Trinajstić information content (AvgIpc) is 2.73. The molecule has 96 valence electrons. The van der Waals surface area contributed by atoms with Gasteiger partial charge in [0.15, 0.2) is 0 Å². The van der Waals surface area contributed by atoms with Crippen LogP contribution in [0.4, 0.5) is 5.69 Å². The number of benzene rings is 1. The minimum absolute atomic E-state index is 0.0298. The van der Waals surface area contributed by atoms with Crippen LogP contribution >= 0.6 is 11.3 Å². The summed E-state index contributed by atoms with van der Waals surface area (Å²) in [7, 11) is 1.84. The van der Waals surface area contributed by atoms with Crippen LogP contribution in [0, 0.1) is 0 Å². The topological polar surface area (TPSA) is 46.3 Å². The number of fused-ring (bicyclic) bond motifs is 1.